The van der Waals surface area contributed by atoms with Crippen LogP contribution in [0.3, 0.4) is 0 Å². The zero-order valence-electron chi connectivity index (χ0n) is 18.6. The minimum Gasteiger partial charge on any atom is -0.356 e. The van der Waals surface area contributed by atoms with Crippen molar-refractivity contribution in [1.82, 2.24) is 24.9 Å². The molecule has 3 aromatic rings. The molecule has 1 saturated heterocycles. The largest absolute Gasteiger partial charge is 0.356 e. The highest BCUT2D eigenvalue weighted by molar-refractivity contribution is 14.0. The van der Waals surface area contributed by atoms with Gasteiger partial charge in [0.05, 0.1) is 12.2 Å². The number of aryl methyl sites for hydroxylation is 1. The Balaban J connectivity index is 0.00000289. The quantitative estimate of drug-likeness (QED) is 0.272. The minimum atomic E-state index is 0. The summed E-state index contributed by atoms with van der Waals surface area (Å²) in [6.45, 7) is 4.95. The van der Waals surface area contributed by atoms with Crippen LogP contribution in [0.5, 0.6) is 0 Å². The number of aliphatic imine (C=N–C) groups is 1. The monoisotopic (exact) mass is 546 g/mol. The lowest BCUT2D eigenvalue weighted by molar-refractivity contribution is -0.127. The third-order valence-corrected chi connectivity index (χ3v) is 5.77. The first-order valence-electron chi connectivity index (χ1n) is 10.8. The van der Waals surface area contributed by atoms with Gasteiger partial charge in [0, 0.05) is 50.9 Å². The van der Waals surface area contributed by atoms with Gasteiger partial charge in [0.15, 0.2) is 5.96 Å². The van der Waals surface area contributed by atoms with Crippen molar-refractivity contribution in [3.05, 3.63) is 71.7 Å². The van der Waals surface area contributed by atoms with Crippen LogP contribution in [0.15, 0.2) is 59.7 Å². The summed E-state index contributed by atoms with van der Waals surface area (Å²) in [7, 11) is 1.76. The number of halogens is 1. The van der Waals surface area contributed by atoms with Gasteiger partial charge in [0.25, 0.3) is 0 Å². The van der Waals surface area contributed by atoms with Crippen molar-refractivity contribution in [2.75, 3.05) is 26.7 Å². The Kier molecular flexibility index (Phi) is 8.49. The van der Waals surface area contributed by atoms with Gasteiger partial charge in [-0.25, -0.2) is 4.98 Å². The van der Waals surface area contributed by atoms with Crippen LogP contribution in [-0.2, 0) is 17.8 Å². The number of pyridine rings is 1. The van der Waals surface area contributed by atoms with Gasteiger partial charge < -0.3 is 19.9 Å². The van der Waals surface area contributed by atoms with E-state index in [-0.39, 0.29) is 29.9 Å². The number of rotatable bonds is 7. The van der Waals surface area contributed by atoms with E-state index in [0.717, 1.165) is 49.0 Å². The molecule has 1 amide bonds. The minimum absolute atomic E-state index is 0. The van der Waals surface area contributed by atoms with E-state index < -0.39 is 0 Å². The van der Waals surface area contributed by atoms with Crippen molar-refractivity contribution in [3.8, 4) is 0 Å². The number of carbonyl (C=O) groups is 1. The predicted octanol–water partition coefficient (Wildman–Crippen LogP) is 3.02. The van der Waals surface area contributed by atoms with E-state index in [4.69, 9.17) is 0 Å². The number of carbonyl (C=O) groups excluding carboxylic acids is 1. The average molecular weight is 546 g/mol. The molecule has 1 fully saturated rings. The number of likely N-dealkylation sites (tertiary alicyclic amines) is 1. The third kappa shape index (κ3) is 5.99. The highest BCUT2D eigenvalue weighted by Gasteiger charge is 2.29. The Morgan fingerprint density at radius 2 is 1.97 bits per heavy atom. The van der Waals surface area contributed by atoms with E-state index in [1.165, 1.54) is 5.56 Å². The molecule has 0 spiro atoms. The number of hydrogen-bond acceptors (Lipinski definition) is 3. The number of nitrogens with one attached hydrogen (secondary N) is 2. The van der Waals surface area contributed by atoms with Crippen LogP contribution in [0.25, 0.3) is 5.65 Å². The molecule has 0 bridgehead atoms. The number of fused-ring (bicyclic) bond motifs is 1. The maximum absolute atomic E-state index is 12.4. The van der Waals surface area contributed by atoms with Crippen molar-refractivity contribution >= 4 is 41.5 Å². The Morgan fingerprint density at radius 1 is 1.16 bits per heavy atom. The van der Waals surface area contributed by atoms with Crippen molar-refractivity contribution in [2.24, 2.45) is 10.9 Å². The standard InChI is InChI=1S/C24H30N6O.HI/c1-18-7-6-10-22-28-21(17-30(18)22)15-27-24(25-2)26-14-20-13-23(31)29(16-20)12-11-19-8-4-3-5-9-19;/h3-10,17,20H,11-16H2,1-2H3,(H2,25,26,27);1H. The van der Waals surface area contributed by atoms with Crippen LogP contribution in [0.4, 0.5) is 0 Å². The molecule has 7 nitrogen and oxygen atoms in total. The van der Waals surface area contributed by atoms with E-state index in [1.807, 2.05) is 41.4 Å². The number of imidazole rings is 1. The molecule has 8 heteroatoms. The number of guanidine groups is 1. The molecule has 0 saturated carbocycles. The van der Waals surface area contributed by atoms with Gasteiger partial charge in [-0.15, -0.1) is 24.0 Å². The Morgan fingerprint density at radius 3 is 2.72 bits per heavy atom. The van der Waals surface area contributed by atoms with E-state index in [9.17, 15) is 4.79 Å². The molecule has 4 rings (SSSR count). The van der Waals surface area contributed by atoms with Gasteiger partial charge in [0.2, 0.25) is 5.91 Å². The lowest BCUT2D eigenvalue weighted by Crippen LogP contribution is -2.40. The van der Waals surface area contributed by atoms with E-state index in [1.54, 1.807) is 7.05 Å². The summed E-state index contributed by atoms with van der Waals surface area (Å²) >= 11 is 0. The molecule has 1 atom stereocenters. The van der Waals surface area contributed by atoms with Crippen LogP contribution in [-0.4, -0.2) is 52.8 Å². The summed E-state index contributed by atoms with van der Waals surface area (Å²) in [6, 6.07) is 16.4. The van der Waals surface area contributed by atoms with E-state index >= 15 is 0 Å². The SMILES string of the molecule is CN=C(NCc1cn2c(C)cccc2n1)NCC1CC(=O)N(CCc2ccccc2)C1.I. The third-order valence-electron chi connectivity index (χ3n) is 5.77. The fourth-order valence-corrected chi connectivity index (χ4v) is 4.04. The molecule has 3 heterocycles. The van der Waals surface area contributed by atoms with Crippen molar-refractivity contribution in [3.63, 3.8) is 0 Å². The van der Waals surface area contributed by atoms with Gasteiger partial charge in [-0.1, -0.05) is 36.4 Å². The van der Waals surface area contributed by atoms with Crippen LogP contribution >= 0.6 is 24.0 Å². The van der Waals surface area contributed by atoms with Crippen molar-refractivity contribution in [1.29, 1.82) is 0 Å². The molecule has 0 aliphatic carbocycles. The molecular weight excluding hydrogens is 515 g/mol. The zero-order chi connectivity index (χ0) is 21.6. The average Bonchev–Trinajstić information content (AvgIpc) is 3.37. The van der Waals surface area contributed by atoms with E-state index in [2.05, 4.69) is 50.1 Å². The molecule has 1 aromatic carbocycles. The van der Waals surface area contributed by atoms with Crippen LogP contribution in [0.1, 0.15) is 23.4 Å². The van der Waals surface area contributed by atoms with Gasteiger partial charge in [-0.2, -0.15) is 0 Å². The molecule has 2 aromatic heterocycles. The highest BCUT2D eigenvalue weighted by atomic mass is 127. The smallest absolute Gasteiger partial charge is 0.223 e. The lowest BCUT2D eigenvalue weighted by atomic mass is 10.1. The first-order valence-corrected chi connectivity index (χ1v) is 10.8. The molecule has 2 N–H and O–H groups in total. The number of hydrogen-bond donors (Lipinski definition) is 2. The second-order valence-electron chi connectivity index (χ2n) is 8.08. The molecule has 1 unspecified atom stereocenters. The summed E-state index contributed by atoms with van der Waals surface area (Å²) in [5.74, 6) is 1.26. The van der Waals surface area contributed by atoms with Crippen molar-refractivity contribution in [2.45, 2.75) is 26.3 Å². The molecule has 1 aliphatic rings. The molecule has 170 valence electrons. The number of amides is 1. The summed E-state index contributed by atoms with van der Waals surface area (Å²) in [6.07, 6.45) is 3.53. The lowest BCUT2D eigenvalue weighted by Gasteiger charge is -2.17. The van der Waals surface area contributed by atoms with E-state index in [0.29, 0.717) is 18.9 Å². The Bertz CT molecular complexity index is 1060. The summed E-state index contributed by atoms with van der Waals surface area (Å²) in [5.41, 5.74) is 4.32. The van der Waals surface area contributed by atoms with Gasteiger partial charge >= 0.3 is 0 Å². The van der Waals surface area contributed by atoms with Crippen molar-refractivity contribution < 1.29 is 4.79 Å². The second-order valence-corrected chi connectivity index (χ2v) is 8.08. The maximum Gasteiger partial charge on any atom is 0.223 e. The fourth-order valence-electron chi connectivity index (χ4n) is 4.04. The molecular formula is C24H31IN6O. The Labute approximate surface area is 206 Å². The highest BCUT2D eigenvalue weighted by Crippen LogP contribution is 2.17. The van der Waals surface area contributed by atoms with Crippen LogP contribution in [0, 0.1) is 12.8 Å². The van der Waals surface area contributed by atoms with Crippen LogP contribution < -0.4 is 10.6 Å². The molecule has 0 radical (unpaired) electrons. The molecule has 32 heavy (non-hydrogen) atoms. The topological polar surface area (TPSA) is 74.0 Å². The zero-order valence-corrected chi connectivity index (χ0v) is 21.0. The second kappa shape index (κ2) is 11.3. The fraction of sp³-hybridized carbons (Fsp3) is 0.375. The number of benzene rings is 1. The van der Waals surface area contributed by atoms with Crippen LogP contribution in [0.2, 0.25) is 0 Å². The normalized spacial score (nSPS) is 16.3. The van der Waals surface area contributed by atoms with Gasteiger partial charge in [-0.3, -0.25) is 9.79 Å². The first-order chi connectivity index (χ1) is 15.1. The number of nitrogens with zero attached hydrogens (tertiary/aromatic N) is 4. The van der Waals surface area contributed by atoms with Gasteiger partial charge in [-0.05, 0) is 31.0 Å². The number of aromatic nitrogens is 2. The summed E-state index contributed by atoms with van der Waals surface area (Å²) in [5, 5.41) is 6.69. The van der Waals surface area contributed by atoms with Gasteiger partial charge in [0.1, 0.15) is 5.65 Å². The predicted molar refractivity (Wildman–Crippen MR) is 138 cm³/mol. The maximum atomic E-state index is 12.4. The summed E-state index contributed by atoms with van der Waals surface area (Å²) in [4.78, 5) is 23.3. The first kappa shape index (κ1) is 24.0. The Hall–Kier alpha value is -2.62. The molecule has 1 aliphatic heterocycles. The summed E-state index contributed by atoms with van der Waals surface area (Å²) < 4.78 is 2.08.